The quantitative estimate of drug-likeness (QED) is 0.473. The van der Waals surface area contributed by atoms with Gasteiger partial charge in [-0.1, -0.05) is 0 Å². The lowest BCUT2D eigenvalue weighted by Crippen LogP contribution is -2.51. The fourth-order valence-electron chi connectivity index (χ4n) is 1.32. The maximum absolute atomic E-state index is 11.7. The molecule has 2 amide bonds. The van der Waals surface area contributed by atoms with Gasteiger partial charge in [0.15, 0.2) is 0 Å². The Balaban J connectivity index is 4.50. The van der Waals surface area contributed by atoms with Crippen LogP contribution in [0.4, 0.5) is 4.79 Å². The van der Waals surface area contributed by atoms with Crippen molar-refractivity contribution in [2.24, 2.45) is 0 Å². The molecule has 0 radical (unpaired) electrons. The fraction of sp³-hybridized carbons (Fsp3) is 0.800. The highest BCUT2D eigenvalue weighted by Gasteiger charge is 2.23. The Morgan fingerprint density at radius 1 is 1.24 bits per heavy atom. The number of urea groups is 1. The van der Waals surface area contributed by atoms with E-state index < -0.39 is 18.0 Å². The first-order valence-corrected chi connectivity index (χ1v) is 5.45. The van der Waals surface area contributed by atoms with E-state index in [4.69, 9.17) is 15.3 Å². The summed E-state index contributed by atoms with van der Waals surface area (Å²) in [6.45, 7) is 3.14. The second-order valence-electron chi connectivity index (χ2n) is 3.86. The van der Waals surface area contributed by atoms with E-state index in [2.05, 4.69) is 5.32 Å². The van der Waals surface area contributed by atoms with Gasteiger partial charge in [-0.3, -0.25) is 0 Å². The zero-order valence-corrected chi connectivity index (χ0v) is 10.1. The summed E-state index contributed by atoms with van der Waals surface area (Å²) < 4.78 is 0. The van der Waals surface area contributed by atoms with E-state index in [1.54, 1.807) is 13.8 Å². The van der Waals surface area contributed by atoms with Crippen LogP contribution in [0.1, 0.15) is 20.3 Å². The molecule has 0 aromatic heterocycles. The molecule has 0 fully saturated rings. The molecule has 7 heteroatoms. The summed E-state index contributed by atoms with van der Waals surface area (Å²) in [6, 6.07) is -1.83. The molecule has 0 unspecified atom stereocenters. The third-order valence-corrected chi connectivity index (χ3v) is 2.24. The molecule has 0 heterocycles. The van der Waals surface area contributed by atoms with Crippen LogP contribution in [0.25, 0.3) is 0 Å². The van der Waals surface area contributed by atoms with Crippen LogP contribution in [0.3, 0.4) is 0 Å². The van der Waals surface area contributed by atoms with Gasteiger partial charge in [-0.25, -0.2) is 9.59 Å². The average molecular weight is 248 g/mol. The summed E-state index contributed by atoms with van der Waals surface area (Å²) in [5.41, 5.74) is 0. The number of rotatable bonds is 7. The van der Waals surface area contributed by atoms with Crippen molar-refractivity contribution in [1.82, 2.24) is 10.2 Å². The second-order valence-corrected chi connectivity index (χ2v) is 3.86. The lowest BCUT2D eigenvalue weighted by Gasteiger charge is -2.27. The van der Waals surface area contributed by atoms with E-state index in [-0.39, 0.29) is 32.2 Å². The molecular formula is C10H20N2O5. The number of aliphatic hydroxyl groups excluding tert-OH is 2. The van der Waals surface area contributed by atoms with Crippen LogP contribution in [-0.4, -0.2) is 64.1 Å². The molecule has 0 rings (SSSR count). The van der Waals surface area contributed by atoms with Gasteiger partial charge in [0.25, 0.3) is 0 Å². The van der Waals surface area contributed by atoms with Crippen molar-refractivity contribution in [3.05, 3.63) is 0 Å². The molecular weight excluding hydrogens is 228 g/mol. The summed E-state index contributed by atoms with van der Waals surface area (Å²) in [5.74, 6) is -1.19. The summed E-state index contributed by atoms with van der Waals surface area (Å²) in [4.78, 5) is 23.8. The number of hydrogen-bond acceptors (Lipinski definition) is 4. The number of carbonyl (C=O) groups excluding carboxylic acids is 1. The molecule has 0 aromatic rings. The number of hydrogen-bond donors (Lipinski definition) is 4. The van der Waals surface area contributed by atoms with E-state index in [9.17, 15) is 9.59 Å². The average Bonchev–Trinajstić information content (AvgIpc) is 2.24. The van der Waals surface area contributed by atoms with Gasteiger partial charge < -0.3 is 25.5 Å². The molecule has 0 bridgehead atoms. The van der Waals surface area contributed by atoms with Crippen molar-refractivity contribution in [3.8, 4) is 0 Å². The highest BCUT2D eigenvalue weighted by molar-refractivity contribution is 5.82. The third kappa shape index (κ3) is 5.50. The lowest BCUT2D eigenvalue weighted by atomic mass is 10.2. The van der Waals surface area contributed by atoms with Crippen molar-refractivity contribution in [1.29, 1.82) is 0 Å². The minimum Gasteiger partial charge on any atom is -0.480 e. The van der Waals surface area contributed by atoms with Crippen LogP contribution in [0, 0.1) is 0 Å². The number of carboxylic acid groups (broad SMARTS) is 1. The molecule has 100 valence electrons. The second kappa shape index (κ2) is 7.86. The smallest absolute Gasteiger partial charge is 0.326 e. The van der Waals surface area contributed by atoms with Crippen LogP contribution in [0.2, 0.25) is 0 Å². The summed E-state index contributed by atoms with van der Waals surface area (Å²) >= 11 is 0. The minimum atomic E-state index is -1.19. The number of carbonyl (C=O) groups is 2. The molecule has 7 nitrogen and oxygen atoms in total. The number of aliphatic hydroxyl groups is 2. The predicted octanol–water partition coefficient (Wildman–Crippen LogP) is -0.766. The van der Waals surface area contributed by atoms with Crippen LogP contribution in [0.15, 0.2) is 0 Å². The number of carboxylic acids is 1. The Kier molecular flexibility index (Phi) is 7.24. The SMILES string of the molecule is CC(C)N(CCO)C(=O)N[C@H](CCO)C(=O)O. The van der Waals surface area contributed by atoms with Crippen LogP contribution < -0.4 is 5.32 Å². The Morgan fingerprint density at radius 2 is 1.82 bits per heavy atom. The molecule has 4 N–H and O–H groups in total. The van der Waals surface area contributed by atoms with Gasteiger partial charge >= 0.3 is 12.0 Å². The topological polar surface area (TPSA) is 110 Å². The highest BCUT2D eigenvalue weighted by atomic mass is 16.4. The van der Waals surface area contributed by atoms with Gasteiger partial charge in [0.05, 0.1) is 6.61 Å². The normalized spacial score (nSPS) is 12.3. The Hall–Kier alpha value is -1.34. The standard InChI is InChI=1S/C10H20N2O5/c1-7(2)12(4-6-14)10(17)11-8(3-5-13)9(15)16/h7-8,13-14H,3-6H2,1-2H3,(H,11,17)(H,15,16)/t8-/m1/s1. The highest BCUT2D eigenvalue weighted by Crippen LogP contribution is 2.00. The molecule has 0 aromatic carbocycles. The fourth-order valence-corrected chi connectivity index (χ4v) is 1.32. The first kappa shape index (κ1) is 15.7. The van der Waals surface area contributed by atoms with Gasteiger partial charge in [-0.05, 0) is 13.8 Å². The molecule has 0 aliphatic carbocycles. The van der Waals surface area contributed by atoms with Gasteiger partial charge in [0, 0.05) is 25.6 Å². The largest absolute Gasteiger partial charge is 0.480 e. The molecule has 0 spiro atoms. The molecule has 0 saturated heterocycles. The zero-order valence-electron chi connectivity index (χ0n) is 10.1. The maximum atomic E-state index is 11.7. The van der Waals surface area contributed by atoms with E-state index in [1.807, 2.05) is 0 Å². The van der Waals surface area contributed by atoms with Gasteiger partial charge in [0.1, 0.15) is 6.04 Å². The number of nitrogens with zero attached hydrogens (tertiary/aromatic N) is 1. The van der Waals surface area contributed by atoms with Crippen molar-refractivity contribution >= 4 is 12.0 Å². The first-order chi connectivity index (χ1) is 7.93. The van der Waals surface area contributed by atoms with Crippen molar-refractivity contribution in [2.45, 2.75) is 32.4 Å². The van der Waals surface area contributed by atoms with E-state index in [1.165, 1.54) is 4.90 Å². The summed E-state index contributed by atoms with van der Waals surface area (Å²) in [5, 5.41) is 28.6. The molecule has 0 aliphatic heterocycles. The number of amides is 2. The maximum Gasteiger partial charge on any atom is 0.326 e. The van der Waals surface area contributed by atoms with Crippen molar-refractivity contribution < 1.29 is 24.9 Å². The van der Waals surface area contributed by atoms with Crippen LogP contribution in [-0.2, 0) is 4.79 Å². The Bertz CT molecular complexity index is 257. The summed E-state index contributed by atoms with van der Waals surface area (Å²) in [7, 11) is 0. The van der Waals surface area contributed by atoms with Crippen LogP contribution in [0.5, 0.6) is 0 Å². The van der Waals surface area contributed by atoms with Gasteiger partial charge in [-0.2, -0.15) is 0 Å². The van der Waals surface area contributed by atoms with Gasteiger partial charge in [0.2, 0.25) is 0 Å². The third-order valence-electron chi connectivity index (χ3n) is 2.24. The zero-order chi connectivity index (χ0) is 13.4. The Labute approximate surface area is 100 Å². The van der Waals surface area contributed by atoms with E-state index in [0.717, 1.165) is 0 Å². The molecule has 0 saturated carbocycles. The minimum absolute atomic E-state index is 0.0495. The molecule has 0 aliphatic rings. The number of nitrogens with one attached hydrogen (secondary N) is 1. The van der Waals surface area contributed by atoms with E-state index >= 15 is 0 Å². The molecule has 1 atom stereocenters. The van der Waals surface area contributed by atoms with E-state index in [0.29, 0.717) is 0 Å². The first-order valence-electron chi connectivity index (χ1n) is 5.45. The van der Waals surface area contributed by atoms with Gasteiger partial charge in [-0.15, -0.1) is 0 Å². The Morgan fingerprint density at radius 3 is 2.18 bits per heavy atom. The predicted molar refractivity (Wildman–Crippen MR) is 60.6 cm³/mol. The van der Waals surface area contributed by atoms with Crippen LogP contribution >= 0.6 is 0 Å². The number of aliphatic carboxylic acids is 1. The van der Waals surface area contributed by atoms with Crippen molar-refractivity contribution in [3.63, 3.8) is 0 Å². The monoisotopic (exact) mass is 248 g/mol. The van der Waals surface area contributed by atoms with Crippen molar-refractivity contribution in [2.75, 3.05) is 19.8 Å². The summed E-state index contributed by atoms with van der Waals surface area (Å²) in [6.07, 6.45) is -0.0495. The lowest BCUT2D eigenvalue weighted by molar-refractivity contribution is -0.139. The molecule has 17 heavy (non-hydrogen) atoms.